The molecule has 1 saturated heterocycles. The highest BCUT2D eigenvalue weighted by atomic mass is 16.5. The van der Waals surface area contributed by atoms with E-state index in [0.717, 1.165) is 44.0 Å². The van der Waals surface area contributed by atoms with Gasteiger partial charge in [0, 0.05) is 30.7 Å². The number of ether oxygens (including phenoxy) is 2. The van der Waals surface area contributed by atoms with Crippen LogP contribution in [0.5, 0.6) is 5.75 Å². The minimum Gasteiger partial charge on any atom is -0.484 e. The Balaban J connectivity index is 1.43. The van der Waals surface area contributed by atoms with E-state index < -0.39 is 0 Å². The van der Waals surface area contributed by atoms with Crippen LogP contribution in [-0.2, 0) is 16.1 Å². The van der Waals surface area contributed by atoms with E-state index in [0.29, 0.717) is 11.3 Å². The molecule has 1 heterocycles. The number of hydrogen-bond donors (Lipinski definition) is 2. The lowest BCUT2D eigenvalue weighted by Gasteiger charge is -2.26. The van der Waals surface area contributed by atoms with Gasteiger partial charge in [-0.25, -0.2) is 5.43 Å². The summed E-state index contributed by atoms with van der Waals surface area (Å²) in [5.74, 6) is 0.136. The zero-order chi connectivity index (χ0) is 23.7. The molecule has 33 heavy (non-hydrogen) atoms. The van der Waals surface area contributed by atoms with Crippen LogP contribution >= 0.6 is 0 Å². The van der Waals surface area contributed by atoms with Gasteiger partial charge in [-0.2, -0.15) is 5.10 Å². The van der Waals surface area contributed by atoms with Crippen molar-refractivity contribution < 1.29 is 19.1 Å². The molecule has 0 radical (unpaired) electrons. The quantitative estimate of drug-likeness (QED) is 0.474. The van der Waals surface area contributed by atoms with Gasteiger partial charge in [-0.1, -0.05) is 12.1 Å². The molecule has 0 spiro atoms. The molecule has 2 N–H and O–H groups in total. The van der Waals surface area contributed by atoms with Crippen LogP contribution in [0, 0.1) is 0 Å². The van der Waals surface area contributed by atoms with E-state index in [1.165, 1.54) is 0 Å². The fourth-order valence-corrected chi connectivity index (χ4v) is 3.26. The van der Waals surface area contributed by atoms with Gasteiger partial charge in [-0.15, -0.1) is 0 Å². The fraction of sp³-hybridized carbons (Fsp3) is 0.400. The molecule has 0 unspecified atom stereocenters. The molecule has 2 aromatic rings. The molecule has 0 saturated carbocycles. The number of amides is 2. The van der Waals surface area contributed by atoms with Crippen LogP contribution in [0.2, 0.25) is 0 Å². The summed E-state index contributed by atoms with van der Waals surface area (Å²) >= 11 is 0. The Kier molecular flexibility index (Phi) is 8.57. The van der Waals surface area contributed by atoms with Gasteiger partial charge >= 0.3 is 0 Å². The smallest absolute Gasteiger partial charge is 0.271 e. The summed E-state index contributed by atoms with van der Waals surface area (Å²) in [7, 11) is 0. The second kappa shape index (κ2) is 11.6. The highest BCUT2D eigenvalue weighted by Gasteiger charge is 2.14. The first-order valence-corrected chi connectivity index (χ1v) is 11.0. The van der Waals surface area contributed by atoms with Crippen molar-refractivity contribution in [3.63, 3.8) is 0 Å². The maximum atomic E-state index is 12.3. The van der Waals surface area contributed by atoms with Crippen LogP contribution < -0.4 is 15.5 Å². The average Bonchev–Trinajstić information content (AvgIpc) is 2.78. The van der Waals surface area contributed by atoms with Crippen LogP contribution in [0.3, 0.4) is 0 Å². The Hall–Kier alpha value is -3.23. The van der Waals surface area contributed by atoms with Gasteiger partial charge in [-0.05, 0) is 68.3 Å². The molecule has 176 valence electrons. The predicted molar refractivity (Wildman–Crippen MR) is 127 cm³/mol. The number of nitrogens with zero attached hydrogens (tertiary/aromatic N) is 2. The maximum Gasteiger partial charge on any atom is 0.271 e. The van der Waals surface area contributed by atoms with Crippen molar-refractivity contribution in [3.8, 4) is 5.75 Å². The zero-order valence-corrected chi connectivity index (χ0v) is 19.5. The van der Waals surface area contributed by atoms with Crippen molar-refractivity contribution in [2.75, 3.05) is 32.9 Å². The van der Waals surface area contributed by atoms with Gasteiger partial charge < -0.3 is 14.8 Å². The van der Waals surface area contributed by atoms with Crippen molar-refractivity contribution in [1.29, 1.82) is 0 Å². The molecule has 2 amide bonds. The standard InChI is InChI=1S/C25H32N4O4/c1-25(2,3)27-23(30)18-33-22-10-6-19(7-11-22)16-26-28-24(31)21-8-4-20(5-9-21)17-29-12-14-32-15-13-29/h4-11,16H,12-15,17-18H2,1-3H3,(H,27,30)(H,28,31)/b26-16-. The van der Waals surface area contributed by atoms with Crippen molar-refractivity contribution in [2.45, 2.75) is 32.9 Å². The Labute approximate surface area is 195 Å². The lowest BCUT2D eigenvalue weighted by molar-refractivity contribution is -0.124. The second-order valence-corrected chi connectivity index (χ2v) is 8.94. The van der Waals surface area contributed by atoms with Crippen molar-refractivity contribution in [1.82, 2.24) is 15.6 Å². The monoisotopic (exact) mass is 452 g/mol. The molecule has 1 aliphatic rings. The Bertz CT molecular complexity index is 944. The average molecular weight is 453 g/mol. The van der Waals surface area contributed by atoms with E-state index in [2.05, 4.69) is 20.7 Å². The number of carbonyl (C=O) groups is 2. The molecule has 1 fully saturated rings. The SMILES string of the molecule is CC(C)(C)NC(=O)COc1ccc(/C=N\NC(=O)c2ccc(CN3CCOCC3)cc2)cc1. The summed E-state index contributed by atoms with van der Waals surface area (Å²) in [5, 5.41) is 6.87. The Morgan fingerprint density at radius 2 is 1.73 bits per heavy atom. The maximum absolute atomic E-state index is 12.3. The third kappa shape index (κ3) is 8.67. The van der Waals surface area contributed by atoms with Crippen LogP contribution in [0.4, 0.5) is 0 Å². The molecule has 8 heteroatoms. The topological polar surface area (TPSA) is 92.3 Å². The number of nitrogens with one attached hydrogen (secondary N) is 2. The Morgan fingerprint density at radius 1 is 1.06 bits per heavy atom. The van der Waals surface area contributed by atoms with Gasteiger partial charge in [0.1, 0.15) is 5.75 Å². The summed E-state index contributed by atoms with van der Waals surface area (Å²) in [6.45, 7) is 9.94. The summed E-state index contributed by atoms with van der Waals surface area (Å²) in [4.78, 5) is 26.5. The van der Waals surface area contributed by atoms with Crippen molar-refractivity contribution in [3.05, 3.63) is 65.2 Å². The van der Waals surface area contributed by atoms with Crippen molar-refractivity contribution >= 4 is 18.0 Å². The van der Waals surface area contributed by atoms with Crippen LogP contribution in [0.15, 0.2) is 53.6 Å². The summed E-state index contributed by atoms with van der Waals surface area (Å²) < 4.78 is 10.9. The van der Waals surface area contributed by atoms with Gasteiger partial charge in [0.15, 0.2) is 6.61 Å². The molecule has 2 aromatic carbocycles. The lowest BCUT2D eigenvalue weighted by atomic mass is 10.1. The fourth-order valence-electron chi connectivity index (χ4n) is 3.26. The van der Waals surface area contributed by atoms with Gasteiger partial charge in [0.05, 0.1) is 19.4 Å². The first kappa shape index (κ1) is 24.4. The van der Waals surface area contributed by atoms with Gasteiger partial charge in [0.25, 0.3) is 11.8 Å². The number of rotatable bonds is 8. The van der Waals surface area contributed by atoms with Crippen LogP contribution in [0.25, 0.3) is 0 Å². The van der Waals surface area contributed by atoms with E-state index >= 15 is 0 Å². The summed E-state index contributed by atoms with van der Waals surface area (Å²) in [5.41, 5.74) is 4.76. The normalized spacial score (nSPS) is 14.8. The molecule has 3 rings (SSSR count). The number of hydrogen-bond acceptors (Lipinski definition) is 6. The minimum atomic E-state index is -0.295. The van der Waals surface area contributed by atoms with E-state index in [1.807, 2.05) is 45.0 Å². The number of hydrazone groups is 1. The lowest BCUT2D eigenvalue weighted by Crippen LogP contribution is -2.43. The minimum absolute atomic E-state index is 0.0496. The highest BCUT2D eigenvalue weighted by molar-refractivity contribution is 5.94. The van der Waals surface area contributed by atoms with E-state index in [4.69, 9.17) is 9.47 Å². The van der Waals surface area contributed by atoms with E-state index in [9.17, 15) is 9.59 Å². The highest BCUT2D eigenvalue weighted by Crippen LogP contribution is 2.12. The number of morpholine rings is 1. The first-order valence-electron chi connectivity index (χ1n) is 11.0. The van der Waals surface area contributed by atoms with Gasteiger partial charge in [-0.3, -0.25) is 14.5 Å². The first-order chi connectivity index (χ1) is 15.8. The summed E-state index contributed by atoms with van der Waals surface area (Å²) in [6.07, 6.45) is 1.56. The van der Waals surface area contributed by atoms with E-state index in [-0.39, 0.29) is 24.0 Å². The molecule has 0 atom stereocenters. The second-order valence-electron chi connectivity index (χ2n) is 8.94. The third-order valence-electron chi connectivity index (χ3n) is 4.87. The molecule has 0 aromatic heterocycles. The molecule has 1 aliphatic heterocycles. The Morgan fingerprint density at radius 3 is 2.36 bits per heavy atom. The molecular weight excluding hydrogens is 420 g/mol. The van der Waals surface area contributed by atoms with Crippen molar-refractivity contribution in [2.24, 2.45) is 5.10 Å². The number of benzene rings is 2. The molecule has 8 nitrogen and oxygen atoms in total. The zero-order valence-electron chi connectivity index (χ0n) is 19.5. The third-order valence-corrected chi connectivity index (χ3v) is 4.87. The van der Waals surface area contributed by atoms with E-state index in [1.54, 1.807) is 30.5 Å². The number of carbonyl (C=O) groups excluding carboxylic acids is 2. The largest absolute Gasteiger partial charge is 0.484 e. The van der Waals surface area contributed by atoms with Crippen LogP contribution in [-0.4, -0.2) is 61.4 Å². The van der Waals surface area contributed by atoms with Crippen LogP contribution in [0.1, 0.15) is 42.3 Å². The van der Waals surface area contributed by atoms with Gasteiger partial charge in [0.2, 0.25) is 0 Å². The predicted octanol–water partition coefficient (Wildman–Crippen LogP) is 2.58. The molecule has 0 aliphatic carbocycles. The molecular formula is C25H32N4O4. The summed E-state index contributed by atoms with van der Waals surface area (Å²) in [6, 6.07) is 14.6. The molecule has 0 bridgehead atoms.